The summed E-state index contributed by atoms with van der Waals surface area (Å²) in [7, 11) is 0. The molecular weight excluding hydrogens is 264 g/mol. The summed E-state index contributed by atoms with van der Waals surface area (Å²) in [6.45, 7) is 0.578. The lowest BCUT2D eigenvalue weighted by atomic mass is 10.0. The first kappa shape index (κ1) is 12.2. The molecule has 19 heavy (non-hydrogen) atoms. The summed E-state index contributed by atoms with van der Waals surface area (Å²) in [5, 5.41) is 10.6. The maximum absolute atomic E-state index is 11.3. The van der Waals surface area contributed by atoms with Gasteiger partial charge in [-0.2, -0.15) is 0 Å². The Bertz CT molecular complexity index is 644. The van der Waals surface area contributed by atoms with E-state index in [1.54, 1.807) is 6.07 Å². The number of rotatable bonds is 1. The van der Waals surface area contributed by atoms with Crippen LogP contribution in [0.4, 0.5) is 4.79 Å². The molecule has 4 nitrogen and oxygen atoms in total. The molecule has 0 aliphatic carbocycles. The van der Waals surface area contributed by atoms with Gasteiger partial charge < -0.3 is 10.0 Å². The molecule has 1 unspecified atom stereocenters. The number of carboxylic acid groups (broad SMARTS) is 1. The summed E-state index contributed by atoms with van der Waals surface area (Å²) in [4.78, 5) is 17.0. The number of benzene rings is 1. The minimum atomic E-state index is -0.875. The van der Waals surface area contributed by atoms with E-state index in [0.29, 0.717) is 11.7 Å². The van der Waals surface area contributed by atoms with Crippen LogP contribution in [0.5, 0.6) is 0 Å². The van der Waals surface area contributed by atoms with Crippen LogP contribution in [0.1, 0.15) is 24.4 Å². The number of hydrogen-bond donors (Lipinski definition) is 1. The standard InChI is InChI=1S/C14H13ClN2O2/c15-13-8-10(9-4-1-2-5-11(9)16-13)12-6-3-7-17(12)14(18)19/h1-2,4-5,8,12H,3,6-7H2,(H,18,19). The van der Waals surface area contributed by atoms with Crippen LogP contribution < -0.4 is 0 Å². The Hall–Kier alpha value is -1.81. The Balaban J connectivity index is 2.16. The molecule has 1 aromatic carbocycles. The summed E-state index contributed by atoms with van der Waals surface area (Å²) in [5.74, 6) is 0. The summed E-state index contributed by atoms with van der Waals surface area (Å²) >= 11 is 6.05. The molecule has 1 N–H and O–H groups in total. The highest BCUT2D eigenvalue weighted by atomic mass is 35.5. The van der Waals surface area contributed by atoms with Gasteiger partial charge in [-0.25, -0.2) is 9.78 Å². The predicted octanol–water partition coefficient (Wildman–Crippen LogP) is 3.70. The van der Waals surface area contributed by atoms with Crippen molar-refractivity contribution in [2.24, 2.45) is 0 Å². The predicted molar refractivity (Wildman–Crippen MR) is 73.5 cm³/mol. The van der Waals surface area contributed by atoms with Crippen molar-refractivity contribution < 1.29 is 9.90 Å². The highest BCUT2D eigenvalue weighted by Crippen LogP contribution is 2.36. The second-order valence-electron chi connectivity index (χ2n) is 4.69. The van der Waals surface area contributed by atoms with Crippen LogP contribution in [-0.4, -0.2) is 27.6 Å². The highest BCUT2D eigenvalue weighted by Gasteiger charge is 2.31. The van der Waals surface area contributed by atoms with E-state index in [-0.39, 0.29) is 6.04 Å². The fourth-order valence-electron chi connectivity index (χ4n) is 2.76. The average Bonchev–Trinajstić information content (AvgIpc) is 2.86. The number of amides is 1. The molecule has 1 aliphatic rings. The van der Waals surface area contributed by atoms with Crippen LogP contribution in [0.15, 0.2) is 30.3 Å². The largest absolute Gasteiger partial charge is 0.465 e. The van der Waals surface area contributed by atoms with E-state index in [1.807, 2.05) is 24.3 Å². The first-order valence-electron chi connectivity index (χ1n) is 6.21. The van der Waals surface area contributed by atoms with Gasteiger partial charge in [-0.1, -0.05) is 29.8 Å². The van der Waals surface area contributed by atoms with Gasteiger partial charge in [0.05, 0.1) is 11.6 Å². The average molecular weight is 277 g/mol. The number of halogens is 1. The molecule has 98 valence electrons. The fraction of sp³-hybridized carbons (Fsp3) is 0.286. The molecule has 0 bridgehead atoms. The molecule has 2 heterocycles. The van der Waals surface area contributed by atoms with Crippen LogP contribution in [0.2, 0.25) is 5.15 Å². The van der Waals surface area contributed by atoms with Crippen molar-refractivity contribution in [2.75, 3.05) is 6.54 Å². The Labute approximate surface area is 115 Å². The zero-order valence-electron chi connectivity index (χ0n) is 10.2. The van der Waals surface area contributed by atoms with E-state index in [2.05, 4.69) is 4.98 Å². The maximum atomic E-state index is 11.3. The van der Waals surface area contributed by atoms with E-state index in [0.717, 1.165) is 29.3 Å². The quantitative estimate of drug-likeness (QED) is 0.808. The maximum Gasteiger partial charge on any atom is 0.407 e. The zero-order valence-corrected chi connectivity index (χ0v) is 11.0. The van der Waals surface area contributed by atoms with E-state index >= 15 is 0 Å². The molecule has 1 atom stereocenters. The second-order valence-corrected chi connectivity index (χ2v) is 5.07. The van der Waals surface area contributed by atoms with Crippen molar-refractivity contribution >= 4 is 28.6 Å². The summed E-state index contributed by atoms with van der Waals surface area (Å²) in [6.07, 6.45) is 0.835. The summed E-state index contributed by atoms with van der Waals surface area (Å²) in [5.41, 5.74) is 1.76. The number of nitrogens with zero attached hydrogens (tertiary/aromatic N) is 2. The Morgan fingerprint density at radius 1 is 1.42 bits per heavy atom. The van der Waals surface area contributed by atoms with Crippen molar-refractivity contribution in [1.82, 2.24) is 9.88 Å². The molecule has 0 saturated carbocycles. The van der Waals surface area contributed by atoms with Crippen LogP contribution in [0.25, 0.3) is 10.9 Å². The van der Waals surface area contributed by atoms with Gasteiger partial charge in [-0.3, -0.25) is 0 Å². The van der Waals surface area contributed by atoms with Gasteiger partial charge in [-0.05, 0) is 30.5 Å². The van der Waals surface area contributed by atoms with Crippen molar-refractivity contribution in [1.29, 1.82) is 0 Å². The number of carbonyl (C=O) groups is 1. The minimum Gasteiger partial charge on any atom is -0.465 e. The van der Waals surface area contributed by atoms with Crippen molar-refractivity contribution in [3.63, 3.8) is 0 Å². The summed E-state index contributed by atoms with van der Waals surface area (Å²) < 4.78 is 0. The number of aromatic nitrogens is 1. The lowest BCUT2D eigenvalue weighted by Gasteiger charge is -2.23. The molecule has 2 aromatic rings. The third-order valence-electron chi connectivity index (χ3n) is 3.57. The van der Waals surface area contributed by atoms with Gasteiger partial charge in [0, 0.05) is 11.9 Å². The molecule has 1 fully saturated rings. The van der Waals surface area contributed by atoms with Crippen LogP contribution in [0, 0.1) is 0 Å². The number of pyridine rings is 1. The lowest BCUT2D eigenvalue weighted by Crippen LogP contribution is -2.28. The van der Waals surface area contributed by atoms with Crippen LogP contribution in [-0.2, 0) is 0 Å². The molecular formula is C14H13ClN2O2. The van der Waals surface area contributed by atoms with E-state index in [4.69, 9.17) is 11.6 Å². The smallest absolute Gasteiger partial charge is 0.407 e. The molecule has 1 aliphatic heterocycles. The molecule has 1 amide bonds. The molecule has 0 spiro atoms. The number of fused-ring (bicyclic) bond motifs is 1. The van der Waals surface area contributed by atoms with Gasteiger partial charge in [-0.15, -0.1) is 0 Å². The van der Waals surface area contributed by atoms with Crippen LogP contribution in [0.3, 0.4) is 0 Å². The molecule has 1 aromatic heterocycles. The summed E-state index contributed by atoms with van der Waals surface area (Å²) in [6, 6.07) is 9.36. The van der Waals surface area contributed by atoms with Crippen molar-refractivity contribution in [2.45, 2.75) is 18.9 Å². The lowest BCUT2D eigenvalue weighted by molar-refractivity contribution is 0.140. The minimum absolute atomic E-state index is 0.122. The number of para-hydroxylation sites is 1. The topological polar surface area (TPSA) is 53.4 Å². The highest BCUT2D eigenvalue weighted by molar-refractivity contribution is 6.30. The Morgan fingerprint density at radius 3 is 3.00 bits per heavy atom. The molecule has 5 heteroatoms. The van der Waals surface area contributed by atoms with E-state index in [9.17, 15) is 9.90 Å². The van der Waals surface area contributed by atoms with Crippen LogP contribution >= 0.6 is 11.6 Å². The molecule has 3 rings (SSSR count). The Morgan fingerprint density at radius 2 is 2.21 bits per heavy atom. The Kier molecular flexibility index (Phi) is 3.03. The zero-order chi connectivity index (χ0) is 13.4. The molecule has 0 radical (unpaired) electrons. The van der Waals surface area contributed by atoms with E-state index in [1.165, 1.54) is 4.90 Å². The van der Waals surface area contributed by atoms with Crippen molar-refractivity contribution in [3.8, 4) is 0 Å². The SMILES string of the molecule is O=C(O)N1CCCC1c1cc(Cl)nc2ccccc12. The number of likely N-dealkylation sites (tertiary alicyclic amines) is 1. The normalized spacial score (nSPS) is 19.0. The van der Waals surface area contributed by atoms with E-state index < -0.39 is 6.09 Å². The van der Waals surface area contributed by atoms with Gasteiger partial charge in [0.25, 0.3) is 0 Å². The fourth-order valence-corrected chi connectivity index (χ4v) is 2.97. The monoisotopic (exact) mass is 276 g/mol. The third-order valence-corrected chi connectivity index (χ3v) is 3.77. The van der Waals surface area contributed by atoms with Gasteiger partial charge in [0.1, 0.15) is 5.15 Å². The van der Waals surface area contributed by atoms with Crippen molar-refractivity contribution in [3.05, 3.63) is 41.0 Å². The molecule has 1 saturated heterocycles. The second kappa shape index (κ2) is 4.70. The first-order valence-corrected chi connectivity index (χ1v) is 6.59. The van der Waals surface area contributed by atoms with Gasteiger partial charge in [0.2, 0.25) is 0 Å². The number of hydrogen-bond acceptors (Lipinski definition) is 2. The van der Waals surface area contributed by atoms with Gasteiger partial charge >= 0.3 is 6.09 Å². The first-order chi connectivity index (χ1) is 9.16. The third kappa shape index (κ3) is 2.12. The van der Waals surface area contributed by atoms with Gasteiger partial charge in [0.15, 0.2) is 0 Å².